The molecule has 0 saturated carbocycles. The summed E-state index contributed by atoms with van der Waals surface area (Å²) in [6.45, 7) is 11.7. The molecule has 4 heterocycles. The van der Waals surface area contributed by atoms with E-state index in [0.717, 1.165) is 0 Å². The molecule has 4 amide bonds. The van der Waals surface area contributed by atoms with Crippen LogP contribution in [0.4, 0.5) is 11.4 Å². The van der Waals surface area contributed by atoms with Crippen LogP contribution in [0, 0.1) is 0 Å². The quantitative estimate of drug-likeness (QED) is 0.0327. The van der Waals surface area contributed by atoms with Gasteiger partial charge in [-0.05, 0) is 45.2 Å². The number of fused-ring (bicyclic) bond motifs is 4. The fraction of sp³-hybridized carbons (Fsp3) is 0.545. The number of primary amides is 1. The Morgan fingerprint density at radius 1 is 0.836 bits per heavy atom. The van der Waals surface area contributed by atoms with Crippen molar-refractivity contribution in [2.24, 2.45) is 5.73 Å². The molecule has 73 heavy (non-hydrogen) atoms. The molecule has 29 heteroatoms. The molecule has 2 saturated heterocycles. The van der Waals surface area contributed by atoms with E-state index in [0.29, 0.717) is 30.4 Å². The van der Waals surface area contributed by atoms with Gasteiger partial charge in [-0.25, -0.2) is 16.8 Å². The molecule has 0 aromatic heterocycles. The zero-order valence-corrected chi connectivity index (χ0v) is 45.5. The Balaban J connectivity index is 1.17. The number of sulfone groups is 1. The van der Waals surface area contributed by atoms with Gasteiger partial charge >= 0.3 is 0 Å². The van der Waals surface area contributed by atoms with Crippen LogP contribution >= 0.6 is 28.7 Å². The van der Waals surface area contributed by atoms with Gasteiger partial charge in [0.1, 0.15) is 7.14 Å². The maximum absolute atomic E-state index is 14.9. The molecule has 2 fully saturated rings. The first kappa shape index (κ1) is 57.9. The number of methoxy groups -OCH3 is 2. The van der Waals surface area contributed by atoms with Crippen molar-refractivity contribution in [2.75, 3.05) is 87.0 Å². The molecule has 4 aliphatic rings. The number of hydrogen-bond acceptors (Lipinski definition) is 21. The van der Waals surface area contributed by atoms with E-state index < -0.39 is 92.6 Å². The smallest absolute Gasteiger partial charge is 0.256 e. The lowest BCUT2D eigenvalue weighted by Gasteiger charge is -2.28. The maximum atomic E-state index is 14.9. The monoisotopic (exact) mass is 1130 g/mol. The largest absolute Gasteiger partial charge is 0.750 e. The van der Waals surface area contributed by atoms with E-state index in [2.05, 4.69) is 29.1 Å². The number of hydrogen-bond donors (Lipinski definition) is 4. The lowest BCUT2D eigenvalue weighted by atomic mass is 10.1. The minimum atomic E-state index is -3.48. The number of carbonyl (C=O) groups excluding carboxylic acids is 4. The third kappa shape index (κ3) is 15.6. The van der Waals surface area contributed by atoms with Crippen LogP contribution in [-0.4, -0.2) is 165 Å². The van der Waals surface area contributed by atoms with Gasteiger partial charge in [-0.3, -0.25) is 27.5 Å². The van der Waals surface area contributed by atoms with Crippen LogP contribution in [0.25, 0.3) is 0 Å². The highest BCUT2D eigenvalue weighted by Gasteiger charge is 2.44. The van der Waals surface area contributed by atoms with Crippen molar-refractivity contribution < 1.29 is 77.0 Å². The van der Waals surface area contributed by atoms with Gasteiger partial charge in [-0.1, -0.05) is 45.9 Å². The minimum absolute atomic E-state index is 0.0363. The van der Waals surface area contributed by atoms with Crippen molar-refractivity contribution in [1.29, 1.82) is 0 Å². The molecule has 2 aromatic rings. The minimum Gasteiger partial charge on any atom is -0.750 e. The normalized spacial score (nSPS) is 21.2. The van der Waals surface area contributed by atoms with Crippen LogP contribution in [0.1, 0.15) is 66.7 Å². The zero-order chi connectivity index (χ0) is 53.4. The first-order valence-electron chi connectivity index (χ1n) is 22.7. The number of carbonyl (C=O) groups is 4. The molecular weight excluding hydrogens is 1080 g/mol. The highest BCUT2D eigenvalue weighted by molar-refractivity contribution is 8.77. The van der Waals surface area contributed by atoms with Gasteiger partial charge in [0.25, 0.3) is 11.8 Å². The van der Waals surface area contributed by atoms with Crippen LogP contribution in [0.2, 0.25) is 0 Å². The van der Waals surface area contributed by atoms with Gasteiger partial charge in [-0.15, -0.1) is 0 Å². The van der Waals surface area contributed by atoms with E-state index in [9.17, 15) is 49.7 Å². The fourth-order valence-electron chi connectivity index (χ4n) is 8.47. The second-order valence-corrected chi connectivity index (χ2v) is 28.2. The Kier molecular flexibility index (Phi) is 19.8. The molecular formula is C44H59N6O17PS5-2. The highest BCUT2D eigenvalue weighted by atomic mass is 33.1. The molecule has 5 unspecified atom stereocenters. The number of anilines is 2. The SMILES string of the molecule is C=C1C[C@@H]2C(OS(=O)[O-])Nc3cc(OCCP(=O)(CCOc4cc5c(cc4OC)C(=O)N4CC(=C)C[C@H]4C(OS(=O)[O-])N5)CNC(=O)CCC(C)(C)SSCCS(=O)(=O)CCC(N)=O)c(OC)cc3C(=O)N2C1. The van der Waals surface area contributed by atoms with Crippen LogP contribution in [0.5, 0.6) is 23.0 Å². The molecule has 0 aliphatic carbocycles. The molecule has 6 rings (SSSR count). The topological polar surface area (TPSA) is 324 Å². The number of nitrogens with zero attached hydrogens (tertiary/aromatic N) is 2. The summed E-state index contributed by atoms with van der Waals surface area (Å²) in [6, 6.07) is 4.43. The number of benzene rings is 2. The molecule has 0 bridgehead atoms. The Morgan fingerprint density at radius 2 is 1.32 bits per heavy atom. The summed E-state index contributed by atoms with van der Waals surface area (Å²) in [6.07, 6.45) is -2.09. The summed E-state index contributed by atoms with van der Waals surface area (Å²) in [7, 11) is -1.48. The Morgan fingerprint density at radius 3 is 1.75 bits per heavy atom. The van der Waals surface area contributed by atoms with Crippen LogP contribution in [0.3, 0.4) is 0 Å². The van der Waals surface area contributed by atoms with Gasteiger partial charge in [0, 0.05) is 60.9 Å². The lowest BCUT2D eigenvalue weighted by molar-refractivity contribution is -0.121. The molecule has 0 radical (unpaired) electrons. The summed E-state index contributed by atoms with van der Waals surface area (Å²) in [5.74, 6) is -1.62. The molecule has 7 atom stereocenters. The van der Waals surface area contributed by atoms with Crippen molar-refractivity contribution in [1.82, 2.24) is 15.1 Å². The van der Waals surface area contributed by atoms with Gasteiger partial charge < -0.3 is 64.1 Å². The molecule has 0 spiro atoms. The Hall–Kier alpha value is -4.38. The number of ether oxygens (including phenoxy) is 4. The van der Waals surface area contributed by atoms with Crippen LogP contribution in [0.15, 0.2) is 48.6 Å². The van der Waals surface area contributed by atoms with E-state index in [1.54, 1.807) is 0 Å². The van der Waals surface area contributed by atoms with Crippen molar-refractivity contribution in [2.45, 2.75) is 75.2 Å². The third-order valence-corrected chi connectivity index (χ3v) is 21.0. The first-order valence-corrected chi connectivity index (χ1v) is 31.1. The van der Waals surface area contributed by atoms with Crippen molar-refractivity contribution in [3.05, 3.63) is 59.7 Å². The highest BCUT2D eigenvalue weighted by Crippen LogP contribution is 2.46. The van der Waals surface area contributed by atoms with Gasteiger partial charge in [-0.2, -0.15) is 0 Å². The van der Waals surface area contributed by atoms with Crippen molar-refractivity contribution in [3.8, 4) is 23.0 Å². The average Bonchev–Trinajstić information content (AvgIpc) is 3.87. The number of nitrogens with one attached hydrogen (secondary N) is 3. The van der Waals surface area contributed by atoms with Crippen molar-refractivity contribution >= 4 is 96.3 Å². The van der Waals surface area contributed by atoms with Crippen LogP contribution < -0.4 is 40.6 Å². The number of rotatable bonds is 27. The molecule has 4 aliphatic heterocycles. The van der Waals surface area contributed by atoms with E-state index in [-0.39, 0.29) is 121 Å². The molecule has 5 N–H and O–H groups in total. The second kappa shape index (κ2) is 25.0. The Bertz CT molecular complexity index is 2550. The van der Waals surface area contributed by atoms with E-state index >= 15 is 0 Å². The summed E-state index contributed by atoms with van der Waals surface area (Å²) in [5, 5.41) is 8.81. The maximum Gasteiger partial charge on any atom is 0.256 e. The molecule has 23 nitrogen and oxygen atoms in total. The summed E-state index contributed by atoms with van der Waals surface area (Å²) in [5.41, 5.74) is 7.22. The first-order chi connectivity index (χ1) is 34.4. The zero-order valence-electron chi connectivity index (χ0n) is 40.5. The van der Waals surface area contributed by atoms with Gasteiger partial charge in [0.05, 0.1) is 103 Å². The molecule has 2 aromatic carbocycles. The Labute approximate surface area is 436 Å². The third-order valence-electron chi connectivity index (χ3n) is 12.3. The number of amides is 4. The van der Waals surface area contributed by atoms with Gasteiger partial charge in [0.15, 0.2) is 45.3 Å². The standard InChI is InChI=1S/C44H61N6O17PS5/c1-26-17-32-40(66-71(56)57)47-30-21-36(34(62-5)19-28(30)42(53)49(32)23-26)64-10-12-68(55,25-46-39(52)7-9-44(3,4)70-69-14-16-73(60,61)15-8-38(45)51)13-11-65-37-22-31-29(20-35(37)63-6)43(54)50-24-27(2)18-33(50)41(48-31)67-72(58)59/h19-22,32-33,40-41,47-48H,1-2,7-18,23-25H2,3-6H3,(H2,45,51)(H,46,52)(H,56,57)(H,58,59)/p-2/t32-,33+,40?,41?,68?. The lowest BCUT2D eigenvalue weighted by Crippen LogP contribution is -2.45. The van der Waals surface area contributed by atoms with Gasteiger partial charge in [0.2, 0.25) is 11.8 Å². The van der Waals surface area contributed by atoms with E-state index in [1.165, 1.54) is 69.9 Å². The summed E-state index contributed by atoms with van der Waals surface area (Å²) < 4.78 is 120. The van der Waals surface area contributed by atoms with Crippen molar-refractivity contribution in [3.63, 3.8) is 0 Å². The van der Waals surface area contributed by atoms with E-state index in [1.807, 2.05) is 13.8 Å². The average molecular weight is 1140 g/mol. The molecule has 404 valence electrons. The summed E-state index contributed by atoms with van der Waals surface area (Å²) in [4.78, 5) is 54.9. The van der Waals surface area contributed by atoms with Crippen LogP contribution in [-0.2, 0) is 55.1 Å². The fourth-order valence-corrected chi connectivity index (χ4v) is 15.7. The predicted octanol–water partition coefficient (Wildman–Crippen LogP) is 3.49. The summed E-state index contributed by atoms with van der Waals surface area (Å²) >= 11 is -5.88. The van der Waals surface area contributed by atoms with E-state index in [4.69, 9.17) is 33.0 Å². The predicted molar refractivity (Wildman–Crippen MR) is 275 cm³/mol. The number of nitrogens with two attached hydrogens (primary N) is 1. The second-order valence-electron chi connectivity index (χ2n) is 18.2.